The monoisotopic (exact) mass is 536 g/mol. The van der Waals surface area contributed by atoms with Gasteiger partial charge in [0.15, 0.2) is 17.4 Å². The molecule has 0 radical (unpaired) electrons. The van der Waals surface area contributed by atoms with Crippen LogP contribution in [0.3, 0.4) is 0 Å². The van der Waals surface area contributed by atoms with Crippen LogP contribution < -0.4 is 24.2 Å². The van der Waals surface area contributed by atoms with Crippen molar-refractivity contribution in [3.8, 4) is 17.1 Å². The highest BCUT2D eigenvalue weighted by Gasteiger charge is 2.21. The second kappa shape index (κ2) is 11.7. The normalized spacial score (nSPS) is 15.8. The number of aromatic nitrogens is 2. The molecule has 5 rings (SSSR count). The van der Waals surface area contributed by atoms with Crippen LogP contribution in [0.25, 0.3) is 11.4 Å². The lowest BCUT2D eigenvalue weighted by molar-refractivity contribution is -0.125. The summed E-state index contributed by atoms with van der Waals surface area (Å²) in [5.74, 6) is 1.79. The fourth-order valence-corrected chi connectivity index (χ4v) is 4.39. The average molecular weight is 537 g/mol. The number of thiol groups is 1. The fraction of sp³-hybridized carbons (Fsp3) is 0.308. The van der Waals surface area contributed by atoms with Crippen LogP contribution in [0.1, 0.15) is 0 Å². The van der Waals surface area contributed by atoms with Crippen LogP contribution in [0.4, 0.5) is 27.7 Å². The Kier molecular flexibility index (Phi) is 7.91. The highest BCUT2D eigenvalue weighted by Crippen LogP contribution is 2.30. The molecule has 1 aromatic heterocycles. The Labute approximate surface area is 225 Å². The summed E-state index contributed by atoms with van der Waals surface area (Å²) in [5, 5.41) is 2.81. The predicted octanol–water partition coefficient (Wildman–Crippen LogP) is 3.24. The molecule has 2 fully saturated rings. The molecule has 0 unspecified atom stereocenters. The van der Waals surface area contributed by atoms with E-state index < -0.39 is 6.03 Å². The van der Waals surface area contributed by atoms with E-state index in [0.29, 0.717) is 49.3 Å². The maximum atomic E-state index is 12.8. The quantitative estimate of drug-likeness (QED) is 0.463. The standard InChI is InChI=1S/C26H28N6O5S/c1-35-22-16-27-24(29-25(22)30-10-13-36-14-11-30)18-2-6-21(7-3-18)32(38)26(34)28-19-4-8-20(9-5-19)31-12-15-37-17-23(31)33/h2-9,16,38H,10-15,17H2,1H3,(H,28,34). The molecule has 2 saturated heterocycles. The first-order valence-corrected chi connectivity index (χ1v) is 12.6. The Morgan fingerprint density at radius 2 is 1.74 bits per heavy atom. The lowest BCUT2D eigenvalue weighted by Gasteiger charge is -2.29. The first-order valence-electron chi connectivity index (χ1n) is 12.2. The van der Waals surface area contributed by atoms with E-state index in [1.54, 1.807) is 54.6 Å². The number of ether oxygens (including phenoxy) is 3. The summed E-state index contributed by atoms with van der Waals surface area (Å²) in [5.41, 5.74) is 2.71. The second-order valence-corrected chi connectivity index (χ2v) is 9.02. The first kappa shape index (κ1) is 25.8. The summed E-state index contributed by atoms with van der Waals surface area (Å²) in [4.78, 5) is 37.8. The van der Waals surface area contributed by atoms with E-state index in [-0.39, 0.29) is 12.5 Å². The Bertz CT molecular complexity index is 1280. The number of urea groups is 1. The van der Waals surface area contributed by atoms with E-state index in [4.69, 9.17) is 19.2 Å². The highest BCUT2D eigenvalue weighted by molar-refractivity contribution is 7.82. The molecule has 11 nitrogen and oxygen atoms in total. The van der Waals surface area contributed by atoms with Gasteiger partial charge < -0.3 is 29.3 Å². The van der Waals surface area contributed by atoms with Crippen molar-refractivity contribution in [1.29, 1.82) is 0 Å². The zero-order chi connectivity index (χ0) is 26.5. The number of rotatable bonds is 6. The largest absolute Gasteiger partial charge is 0.491 e. The number of methoxy groups -OCH3 is 1. The van der Waals surface area contributed by atoms with Gasteiger partial charge in [0.05, 0.1) is 38.8 Å². The molecule has 3 aromatic rings. The van der Waals surface area contributed by atoms with Gasteiger partial charge in [0, 0.05) is 36.6 Å². The van der Waals surface area contributed by atoms with Gasteiger partial charge in [-0.15, -0.1) is 0 Å². The van der Waals surface area contributed by atoms with Crippen molar-refractivity contribution in [2.75, 3.05) is 72.6 Å². The Morgan fingerprint density at radius 1 is 1.03 bits per heavy atom. The molecule has 0 bridgehead atoms. The van der Waals surface area contributed by atoms with Gasteiger partial charge in [-0.05, 0) is 48.5 Å². The van der Waals surface area contributed by atoms with E-state index in [9.17, 15) is 9.59 Å². The highest BCUT2D eigenvalue weighted by atomic mass is 32.1. The maximum Gasteiger partial charge on any atom is 0.336 e. The summed E-state index contributed by atoms with van der Waals surface area (Å²) in [6.45, 7) is 3.79. The van der Waals surface area contributed by atoms with Crippen LogP contribution in [0.15, 0.2) is 54.7 Å². The molecular weight excluding hydrogens is 508 g/mol. The second-order valence-electron chi connectivity index (χ2n) is 8.62. The van der Waals surface area contributed by atoms with E-state index in [0.717, 1.165) is 30.2 Å². The number of anilines is 4. The van der Waals surface area contributed by atoms with Crippen molar-refractivity contribution >= 4 is 47.6 Å². The van der Waals surface area contributed by atoms with Gasteiger partial charge in [-0.1, -0.05) is 12.8 Å². The molecule has 3 heterocycles. The number of benzene rings is 2. The van der Waals surface area contributed by atoms with Crippen molar-refractivity contribution < 1.29 is 23.8 Å². The van der Waals surface area contributed by atoms with E-state index in [1.165, 1.54) is 4.31 Å². The lowest BCUT2D eigenvalue weighted by atomic mass is 10.2. The van der Waals surface area contributed by atoms with Gasteiger partial charge in [-0.3, -0.25) is 4.79 Å². The summed E-state index contributed by atoms with van der Waals surface area (Å²) in [6, 6.07) is 13.9. The van der Waals surface area contributed by atoms with Crippen LogP contribution in [-0.2, 0) is 14.3 Å². The number of morpholine rings is 2. The summed E-state index contributed by atoms with van der Waals surface area (Å²) >= 11 is 4.38. The van der Waals surface area contributed by atoms with Crippen molar-refractivity contribution in [2.24, 2.45) is 0 Å². The Morgan fingerprint density at radius 3 is 2.42 bits per heavy atom. The van der Waals surface area contributed by atoms with Crippen LogP contribution in [0.5, 0.6) is 5.75 Å². The Hall–Kier alpha value is -3.87. The first-order chi connectivity index (χ1) is 18.5. The van der Waals surface area contributed by atoms with Crippen LogP contribution in [0, 0.1) is 0 Å². The molecule has 198 valence electrons. The molecule has 38 heavy (non-hydrogen) atoms. The van der Waals surface area contributed by atoms with Crippen molar-refractivity contribution in [3.05, 3.63) is 54.7 Å². The van der Waals surface area contributed by atoms with E-state index in [1.807, 2.05) is 12.1 Å². The van der Waals surface area contributed by atoms with E-state index >= 15 is 0 Å². The molecule has 3 amide bonds. The zero-order valence-electron chi connectivity index (χ0n) is 20.9. The molecule has 2 aliphatic heterocycles. The van der Waals surface area contributed by atoms with Gasteiger partial charge in [0.1, 0.15) is 6.61 Å². The molecule has 0 aliphatic carbocycles. The number of hydrogen-bond acceptors (Lipinski definition) is 9. The minimum absolute atomic E-state index is 0.0749. The van der Waals surface area contributed by atoms with Crippen LogP contribution >= 0.6 is 12.8 Å². The van der Waals surface area contributed by atoms with Gasteiger partial charge >= 0.3 is 6.03 Å². The lowest BCUT2D eigenvalue weighted by Crippen LogP contribution is -2.41. The van der Waals surface area contributed by atoms with Crippen molar-refractivity contribution in [3.63, 3.8) is 0 Å². The number of nitrogens with zero attached hydrogens (tertiary/aromatic N) is 5. The molecule has 0 saturated carbocycles. The molecule has 2 aliphatic rings. The van der Waals surface area contributed by atoms with Crippen molar-refractivity contribution in [1.82, 2.24) is 9.97 Å². The van der Waals surface area contributed by atoms with Crippen molar-refractivity contribution in [2.45, 2.75) is 0 Å². The summed E-state index contributed by atoms with van der Waals surface area (Å²) in [6.07, 6.45) is 1.67. The minimum atomic E-state index is -0.424. The van der Waals surface area contributed by atoms with Gasteiger partial charge in [-0.25, -0.2) is 19.1 Å². The fourth-order valence-electron chi connectivity index (χ4n) is 4.21. The topological polar surface area (TPSA) is 109 Å². The Balaban J connectivity index is 1.25. The summed E-state index contributed by atoms with van der Waals surface area (Å²) in [7, 11) is 1.60. The molecule has 12 heteroatoms. The third kappa shape index (κ3) is 5.67. The van der Waals surface area contributed by atoms with Gasteiger partial charge in [-0.2, -0.15) is 0 Å². The molecular formula is C26H28N6O5S. The number of carbonyl (C=O) groups excluding carboxylic acids is 2. The number of amides is 3. The van der Waals surface area contributed by atoms with Gasteiger partial charge in [0.25, 0.3) is 5.91 Å². The molecule has 0 spiro atoms. The SMILES string of the molecule is COc1cnc(-c2ccc(N(S)C(=O)Nc3ccc(N4CCOCC4=O)cc3)cc2)nc1N1CCOCC1. The predicted molar refractivity (Wildman–Crippen MR) is 147 cm³/mol. The number of carbonyl (C=O) groups is 2. The third-order valence-corrected chi connectivity index (χ3v) is 6.66. The zero-order valence-corrected chi connectivity index (χ0v) is 21.8. The minimum Gasteiger partial charge on any atom is -0.491 e. The smallest absolute Gasteiger partial charge is 0.336 e. The number of hydrogen-bond donors (Lipinski definition) is 2. The van der Waals surface area contributed by atoms with Gasteiger partial charge in [0.2, 0.25) is 0 Å². The average Bonchev–Trinajstić information content (AvgIpc) is 2.97. The maximum absolute atomic E-state index is 12.8. The van der Waals surface area contributed by atoms with Crippen LogP contribution in [0.2, 0.25) is 0 Å². The molecule has 1 N–H and O–H groups in total. The molecule has 2 aromatic carbocycles. The van der Waals surface area contributed by atoms with Crippen LogP contribution in [-0.4, -0.2) is 75.1 Å². The van der Waals surface area contributed by atoms with E-state index in [2.05, 4.69) is 28.0 Å². The summed E-state index contributed by atoms with van der Waals surface area (Å²) < 4.78 is 17.3. The number of nitrogens with one attached hydrogen (secondary N) is 1. The molecule has 0 atom stereocenters. The third-order valence-electron chi connectivity index (χ3n) is 6.25.